The van der Waals surface area contributed by atoms with Crippen LogP contribution in [0.15, 0.2) is 73.3 Å². The fourth-order valence-corrected chi connectivity index (χ4v) is 2.11. The molecule has 2 aromatic rings. The van der Waals surface area contributed by atoms with Crippen molar-refractivity contribution < 1.29 is 14.3 Å². The van der Waals surface area contributed by atoms with E-state index in [4.69, 9.17) is 9.47 Å². The first-order valence-electron chi connectivity index (χ1n) is 8.31. The fourth-order valence-electron chi connectivity index (χ4n) is 2.11. The van der Waals surface area contributed by atoms with E-state index in [0.717, 1.165) is 17.0 Å². The van der Waals surface area contributed by atoms with Gasteiger partial charge in [-0.25, -0.2) is 0 Å². The summed E-state index contributed by atoms with van der Waals surface area (Å²) < 4.78 is 11.0. The molecule has 0 fully saturated rings. The van der Waals surface area contributed by atoms with Gasteiger partial charge in [0.2, 0.25) is 5.91 Å². The number of ether oxygens (including phenoxy) is 2. The van der Waals surface area contributed by atoms with E-state index in [1.54, 1.807) is 12.1 Å². The maximum absolute atomic E-state index is 12.1. The summed E-state index contributed by atoms with van der Waals surface area (Å²) in [6, 6.07) is 14.7. The molecule has 0 spiro atoms. The summed E-state index contributed by atoms with van der Waals surface area (Å²) in [5.41, 5.74) is 2.43. The Labute approximate surface area is 154 Å². The van der Waals surface area contributed by atoms with E-state index in [9.17, 15) is 4.79 Å². The molecular weight excluding hydrogens is 328 g/mol. The van der Waals surface area contributed by atoms with Gasteiger partial charge in [-0.05, 0) is 36.8 Å². The molecule has 0 unspecified atom stereocenters. The summed E-state index contributed by atoms with van der Waals surface area (Å²) in [5.74, 6) is 1.25. The minimum Gasteiger partial charge on any atom is -0.489 e. The molecule has 0 saturated heterocycles. The molecular formula is C21H24N2O3. The third-order valence-electron chi connectivity index (χ3n) is 3.26. The van der Waals surface area contributed by atoms with Gasteiger partial charge >= 0.3 is 0 Å². The van der Waals surface area contributed by atoms with Gasteiger partial charge in [0.05, 0.1) is 6.54 Å². The number of rotatable bonds is 10. The van der Waals surface area contributed by atoms with Gasteiger partial charge in [-0.15, -0.1) is 0 Å². The van der Waals surface area contributed by atoms with Crippen molar-refractivity contribution in [1.82, 2.24) is 0 Å². The predicted octanol–water partition coefficient (Wildman–Crippen LogP) is 4.26. The van der Waals surface area contributed by atoms with Crippen LogP contribution in [0.2, 0.25) is 0 Å². The van der Waals surface area contributed by atoms with Crippen LogP contribution in [-0.2, 0) is 4.79 Å². The van der Waals surface area contributed by atoms with Crippen molar-refractivity contribution in [3.8, 4) is 11.5 Å². The standard InChI is InChI=1S/C21H24N2O3/c1-4-11-25-19-9-6-8-18(13-19)23-21(24)14-22-17-7-5-10-20(12-17)26-15-16(2)3/h4-10,12-13,22H,1-2,11,14-15H2,3H3,(H,23,24). The van der Waals surface area contributed by atoms with E-state index >= 15 is 0 Å². The zero-order valence-electron chi connectivity index (χ0n) is 15.0. The monoisotopic (exact) mass is 352 g/mol. The molecule has 5 heteroatoms. The largest absolute Gasteiger partial charge is 0.489 e. The topological polar surface area (TPSA) is 59.6 Å². The zero-order valence-corrected chi connectivity index (χ0v) is 15.0. The van der Waals surface area contributed by atoms with E-state index in [1.165, 1.54) is 0 Å². The molecule has 0 aliphatic rings. The highest BCUT2D eigenvalue weighted by molar-refractivity contribution is 5.93. The molecule has 0 aliphatic carbocycles. The number of carbonyl (C=O) groups is 1. The van der Waals surface area contributed by atoms with E-state index in [-0.39, 0.29) is 12.5 Å². The first-order chi connectivity index (χ1) is 12.6. The minimum absolute atomic E-state index is 0.141. The van der Waals surface area contributed by atoms with Gasteiger partial charge in [0.15, 0.2) is 0 Å². The first-order valence-corrected chi connectivity index (χ1v) is 8.31. The average Bonchev–Trinajstić information content (AvgIpc) is 2.64. The molecule has 1 amide bonds. The number of benzene rings is 2. The Kier molecular flexibility index (Phi) is 7.31. The zero-order chi connectivity index (χ0) is 18.8. The highest BCUT2D eigenvalue weighted by Crippen LogP contribution is 2.19. The van der Waals surface area contributed by atoms with Crippen LogP contribution in [-0.4, -0.2) is 25.7 Å². The molecule has 26 heavy (non-hydrogen) atoms. The Balaban J connectivity index is 1.86. The number of anilines is 2. The molecule has 0 heterocycles. The van der Waals surface area contributed by atoms with Crippen LogP contribution in [0.3, 0.4) is 0 Å². The summed E-state index contributed by atoms with van der Waals surface area (Å²) in [6.45, 7) is 10.4. The Morgan fingerprint density at radius 2 is 1.73 bits per heavy atom. The number of hydrogen-bond donors (Lipinski definition) is 2. The lowest BCUT2D eigenvalue weighted by molar-refractivity contribution is -0.114. The normalized spacial score (nSPS) is 9.88. The van der Waals surface area contributed by atoms with Gasteiger partial charge in [0.1, 0.15) is 24.7 Å². The van der Waals surface area contributed by atoms with Gasteiger partial charge in [0, 0.05) is 23.5 Å². The summed E-state index contributed by atoms with van der Waals surface area (Å²) in [4.78, 5) is 12.1. The number of hydrogen-bond acceptors (Lipinski definition) is 4. The number of carbonyl (C=O) groups excluding carboxylic acids is 1. The van der Waals surface area contributed by atoms with Gasteiger partial charge in [-0.1, -0.05) is 31.4 Å². The first kappa shape index (κ1) is 19.1. The van der Waals surface area contributed by atoms with E-state index in [0.29, 0.717) is 24.7 Å². The minimum atomic E-state index is -0.154. The number of nitrogens with one attached hydrogen (secondary N) is 2. The van der Waals surface area contributed by atoms with Gasteiger partial charge < -0.3 is 20.1 Å². The second-order valence-electron chi connectivity index (χ2n) is 5.80. The maximum Gasteiger partial charge on any atom is 0.243 e. The van der Waals surface area contributed by atoms with Crippen LogP contribution in [0.4, 0.5) is 11.4 Å². The van der Waals surface area contributed by atoms with Crippen LogP contribution in [0.5, 0.6) is 11.5 Å². The van der Waals surface area contributed by atoms with Crippen molar-refractivity contribution in [2.45, 2.75) is 6.92 Å². The molecule has 0 radical (unpaired) electrons. The summed E-state index contributed by atoms with van der Waals surface area (Å²) in [5, 5.41) is 5.92. The molecule has 5 nitrogen and oxygen atoms in total. The van der Waals surface area contributed by atoms with Crippen molar-refractivity contribution in [2.75, 3.05) is 30.4 Å². The lowest BCUT2D eigenvalue weighted by atomic mass is 10.3. The van der Waals surface area contributed by atoms with Gasteiger partial charge in [0.25, 0.3) is 0 Å². The van der Waals surface area contributed by atoms with E-state index < -0.39 is 0 Å². The quantitative estimate of drug-likeness (QED) is 0.627. The van der Waals surface area contributed by atoms with E-state index in [1.807, 2.05) is 49.4 Å². The highest BCUT2D eigenvalue weighted by atomic mass is 16.5. The molecule has 0 aliphatic heterocycles. The average molecular weight is 352 g/mol. The molecule has 2 N–H and O–H groups in total. The molecule has 0 aromatic heterocycles. The Bertz CT molecular complexity index is 771. The van der Waals surface area contributed by atoms with Crippen molar-refractivity contribution in [3.63, 3.8) is 0 Å². The van der Waals surface area contributed by atoms with Crippen molar-refractivity contribution in [2.24, 2.45) is 0 Å². The highest BCUT2D eigenvalue weighted by Gasteiger charge is 2.04. The molecule has 0 saturated carbocycles. The van der Waals surface area contributed by atoms with Gasteiger partial charge in [-0.2, -0.15) is 0 Å². The van der Waals surface area contributed by atoms with Crippen LogP contribution in [0.1, 0.15) is 6.92 Å². The second kappa shape index (κ2) is 9.93. The Morgan fingerprint density at radius 3 is 2.42 bits per heavy atom. The summed E-state index contributed by atoms with van der Waals surface area (Å²) in [6.07, 6.45) is 1.67. The Hall–Kier alpha value is -3.21. The van der Waals surface area contributed by atoms with Crippen LogP contribution < -0.4 is 20.1 Å². The third-order valence-corrected chi connectivity index (χ3v) is 3.26. The number of amides is 1. The Morgan fingerprint density at radius 1 is 1.08 bits per heavy atom. The van der Waals surface area contributed by atoms with Crippen molar-refractivity contribution in [3.05, 3.63) is 73.3 Å². The molecule has 0 bridgehead atoms. The third kappa shape index (κ3) is 6.73. The molecule has 136 valence electrons. The maximum atomic E-state index is 12.1. The molecule has 0 atom stereocenters. The smallest absolute Gasteiger partial charge is 0.243 e. The van der Waals surface area contributed by atoms with Crippen LogP contribution in [0, 0.1) is 0 Å². The van der Waals surface area contributed by atoms with Crippen molar-refractivity contribution >= 4 is 17.3 Å². The second-order valence-corrected chi connectivity index (χ2v) is 5.80. The lowest BCUT2D eigenvalue weighted by Gasteiger charge is -2.11. The van der Waals surface area contributed by atoms with Crippen LogP contribution in [0.25, 0.3) is 0 Å². The molecule has 2 aromatic carbocycles. The predicted molar refractivity (Wildman–Crippen MR) is 106 cm³/mol. The van der Waals surface area contributed by atoms with Crippen LogP contribution >= 0.6 is 0 Å². The lowest BCUT2D eigenvalue weighted by Crippen LogP contribution is -2.21. The fraction of sp³-hybridized carbons (Fsp3) is 0.190. The summed E-state index contributed by atoms with van der Waals surface area (Å²) in [7, 11) is 0. The van der Waals surface area contributed by atoms with Gasteiger partial charge in [-0.3, -0.25) is 4.79 Å². The summed E-state index contributed by atoms with van der Waals surface area (Å²) >= 11 is 0. The molecule has 2 rings (SSSR count). The SMILES string of the molecule is C=CCOc1cccc(NC(=O)CNc2cccc(OCC(=C)C)c2)c1. The van der Waals surface area contributed by atoms with E-state index in [2.05, 4.69) is 23.8 Å². The van der Waals surface area contributed by atoms with Crippen molar-refractivity contribution in [1.29, 1.82) is 0 Å².